The van der Waals surface area contributed by atoms with E-state index in [9.17, 15) is 9.59 Å². The fourth-order valence-corrected chi connectivity index (χ4v) is 2.72. The van der Waals surface area contributed by atoms with E-state index in [0.29, 0.717) is 10.7 Å². The largest absolute Gasteiger partial charge is 0.321 e. The van der Waals surface area contributed by atoms with Crippen LogP contribution in [0, 0.1) is 6.92 Å². The predicted octanol–water partition coefficient (Wildman–Crippen LogP) is 3.06. The maximum absolute atomic E-state index is 12.2. The number of hydrogen-bond acceptors (Lipinski definition) is 4. The van der Waals surface area contributed by atoms with Crippen LogP contribution in [0.1, 0.15) is 16.1 Å². The van der Waals surface area contributed by atoms with Gasteiger partial charge in [0.15, 0.2) is 0 Å². The summed E-state index contributed by atoms with van der Waals surface area (Å²) >= 11 is 1.32. The number of aromatic amines is 1. The number of rotatable bonds is 3. The van der Waals surface area contributed by atoms with Crippen molar-refractivity contribution in [2.75, 3.05) is 5.32 Å². The highest BCUT2D eigenvalue weighted by Crippen LogP contribution is 2.20. The molecule has 6 heteroatoms. The highest BCUT2D eigenvalue weighted by molar-refractivity contribution is 7.14. The Hall–Kier alpha value is -2.73. The number of hydrogen-bond donors (Lipinski definition) is 2. The van der Waals surface area contributed by atoms with Crippen molar-refractivity contribution in [1.29, 1.82) is 0 Å². The number of nitrogens with one attached hydrogen (secondary N) is 2. The Bertz CT molecular complexity index is 868. The van der Waals surface area contributed by atoms with Crippen LogP contribution in [0.15, 0.2) is 52.8 Å². The molecule has 0 fully saturated rings. The molecule has 0 aliphatic carbocycles. The predicted molar refractivity (Wildman–Crippen MR) is 87.3 cm³/mol. The van der Waals surface area contributed by atoms with E-state index in [-0.39, 0.29) is 5.56 Å². The average molecular weight is 311 g/mol. The van der Waals surface area contributed by atoms with Crippen LogP contribution < -0.4 is 10.9 Å². The van der Waals surface area contributed by atoms with Crippen LogP contribution in [0.4, 0.5) is 5.00 Å². The van der Waals surface area contributed by atoms with E-state index in [4.69, 9.17) is 0 Å². The number of thiazole rings is 1. The zero-order valence-corrected chi connectivity index (χ0v) is 12.6. The van der Waals surface area contributed by atoms with Crippen LogP contribution in [-0.4, -0.2) is 15.9 Å². The average Bonchev–Trinajstić information content (AvgIpc) is 2.93. The highest BCUT2D eigenvalue weighted by atomic mass is 32.1. The van der Waals surface area contributed by atoms with E-state index < -0.39 is 11.5 Å². The molecule has 1 aromatic carbocycles. The summed E-state index contributed by atoms with van der Waals surface area (Å²) in [4.78, 5) is 31.1. The second-order valence-corrected chi connectivity index (χ2v) is 5.56. The van der Waals surface area contributed by atoms with E-state index >= 15 is 0 Å². The van der Waals surface area contributed by atoms with Crippen molar-refractivity contribution in [3.63, 3.8) is 0 Å². The molecule has 110 valence electrons. The van der Waals surface area contributed by atoms with Crippen LogP contribution in [0.2, 0.25) is 0 Å². The number of benzene rings is 1. The molecule has 0 saturated carbocycles. The number of nitrogens with zero attached hydrogens (tertiary/aromatic N) is 1. The number of carbonyl (C=O) groups excluding carboxylic acids is 1. The first-order valence-corrected chi connectivity index (χ1v) is 7.53. The van der Waals surface area contributed by atoms with E-state index in [1.54, 1.807) is 18.5 Å². The van der Waals surface area contributed by atoms with Gasteiger partial charge in [-0.05, 0) is 24.6 Å². The van der Waals surface area contributed by atoms with Gasteiger partial charge in [-0.2, -0.15) is 0 Å². The molecule has 2 heterocycles. The Balaban J connectivity index is 1.88. The summed E-state index contributed by atoms with van der Waals surface area (Å²) in [5.41, 5.74) is 3.61. The van der Waals surface area contributed by atoms with Crippen molar-refractivity contribution < 1.29 is 4.79 Å². The Morgan fingerprint density at radius 1 is 1.18 bits per heavy atom. The van der Waals surface area contributed by atoms with Gasteiger partial charge in [0.25, 0.3) is 11.5 Å². The van der Waals surface area contributed by atoms with E-state index in [2.05, 4.69) is 15.3 Å². The van der Waals surface area contributed by atoms with E-state index in [1.807, 2.05) is 30.3 Å². The number of pyridine rings is 1. The lowest BCUT2D eigenvalue weighted by molar-refractivity contribution is 0.102. The number of H-pyrrole nitrogens is 1. The van der Waals surface area contributed by atoms with Crippen molar-refractivity contribution in [3.8, 4) is 11.3 Å². The van der Waals surface area contributed by atoms with Crippen molar-refractivity contribution in [3.05, 3.63) is 69.6 Å². The molecule has 5 nitrogen and oxygen atoms in total. The Morgan fingerprint density at radius 2 is 1.95 bits per heavy atom. The van der Waals surface area contributed by atoms with Crippen molar-refractivity contribution in [2.24, 2.45) is 0 Å². The third-order valence-electron chi connectivity index (χ3n) is 3.21. The van der Waals surface area contributed by atoms with Gasteiger partial charge in [-0.3, -0.25) is 9.59 Å². The fourth-order valence-electron chi connectivity index (χ4n) is 2.03. The van der Waals surface area contributed by atoms with Crippen molar-refractivity contribution in [2.45, 2.75) is 6.92 Å². The summed E-state index contributed by atoms with van der Waals surface area (Å²) in [7, 11) is 0. The van der Waals surface area contributed by atoms with Crippen LogP contribution in [0.25, 0.3) is 11.3 Å². The standard InChI is InChI=1S/C16H13N3O2S/c1-10-16(22-9-17-10)19-15(21)12-7-8-13(18-14(12)20)11-5-3-2-4-6-11/h2-9H,1H3,(H,18,20)(H,19,21). The molecule has 0 unspecified atom stereocenters. The van der Waals surface area contributed by atoms with Gasteiger partial charge < -0.3 is 10.3 Å². The van der Waals surface area contributed by atoms with Crippen LogP contribution >= 0.6 is 11.3 Å². The quantitative estimate of drug-likeness (QED) is 0.780. The molecule has 3 rings (SSSR count). The van der Waals surface area contributed by atoms with Gasteiger partial charge in [0.05, 0.1) is 11.2 Å². The number of aryl methyl sites for hydroxylation is 1. The highest BCUT2D eigenvalue weighted by Gasteiger charge is 2.13. The first-order valence-electron chi connectivity index (χ1n) is 6.65. The molecule has 0 atom stereocenters. The molecule has 2 aromatic heterocycles. The molecule has 0 aliphatic rings. The molecule has 0 radical (unpaired) electrons. The van der Waals surface area contributed by atoms with Gasteiger partial charge in [-0.1, -0.05) is 30.3 Å². The number of aromatic nitrogens is 2. The summed E-state index contributed by atoms with van der Waals surface area (Å²) in [6, 6.07) is 12.7. The van der Waals surface area contributed by atoms with Crippen molar-refractivity contribution in [1.82, 2.24) is 9.97 Å². The minimum atomic E-state index is -0.437. The molecular weight excluding hydrogens is 298 g/mol. The first kappa shape index (κ1) is 14.2. The first-order chi connectivity index (χ1) is 10.6. The SMILES string of the molecule is Cc1ncsc1NC(=O)c1ccc(-c2ccccc2)[nH]c1=O. The van der Waals surface area contributed by atoms with Crippen LogP contribution in [0.3, 0.4) is 0 Å². The lowest BCUT2D eigenvalue weighted by Gasteiger charge is -2.05. The summed E-state index contributed by atoms with van der Waals surface area (Å²) in [5.74, 6) is -0.437. The van der Waals surface area contributed by atoms with Gasteiger partial charge in [0.2, 0.25) is 0 Å². The topological polar surface area (TPSA) is 74.8 Å². The van der Waals surface area contributed by atoms with Gasteiger partial charge in [-0.15, -0.1) is 11.3 Å². The third-order valence-corrected chi connectivity index (χ3v) is 4.06. The second-order valence-electron chi connectivity index (χ2n) is 4.70. The molecular formula is C16H13N3O2S. The smallest absolute Gasteiger partial charge is 0.261 e. The van der Waals surface area contributed by atoms with Gasteiger partial charge in [0, 0.05) is 5.69 Å². The lowest BCUT2D eigenvalue weighted by Crippen LogP contribution is -2.23. The minimum absolute atomic E-state index is 0.0764. The monoisotopic (exact) mass is 311 g/mol. The molecule has 0 bridgehead atoms. The molecule has 0 saturated heterocycles. The normalized spacial score (nSPS) is 10.4. The molecule has 0 spiro atoms. The van der Waals surface area contributed by atoms with E-state index in [0.717, 1.165) is 11.3 Å². The Morgan fingerprint density at radius 3 is 2.59 bits per heavy atom. The summed E-state index contributed by atoms with van der Waals surface area (Å²) < 4.78 is 0. The molecule has 22 heavy (non-hydrogen) atoms. The van der Waals surface area contributed by atoms with Gasteiger partial charge in [0.1, 0.15) is 10.6 Å². The summed E-state index contributed by atoms with van der Waals surface area (Å²) in [5, 5.41) is 3.35. The molecule has 1 amide bonds. The number of carbonyl (C=O) groups is 1. The third kappa shape index (κ3) is 2.82. The number of anilines is 1. The maximum atomic E-state index is 12.2. The lowest BCUT2D eigenvalue weighted by atomic mass is 10.1. The Kier molecular flexibility index (Phi) is 3.84. The van der Waals surface area contributed by atoms with Gasteiger partial charge >= 0.3 is 0 Å². The van der Waals surface area contributed by atoms with E-state index in [1.165, 1.54) is 17.4 Å². The van der Waals surface area contributed by atoms with Crippen molar-refractivity contribution >= 4 is 22.2 Å². The maximum Gasteiger partial charge on any atom is 0.261 e. The number of amides is 1. The zero-order chi connectivity index (χ0) is 15.5. The fraction of sp³-hybridized carbons (Fsp3) is 0.0625. The minimum Gasteiger partial charge on any atom is -0.321 e. The Labute approximate surface area is 130 Å². The summed E-state index contributed by atoms with van der Waals surface area (Å²) in [6.45, 7) is 1.80. The molecule has 2 N–H and O–H groups in total. The molecule has 3 aromatic rings. The summed E-state index contributed by atoms with van der Waals surface area (Å²) in [6.07, 6.45) is 0. The van der Waals surface area contributed by atoms with Crippen LogP contribution in [-0.2, 0) is 0 Å². The zero-order valence-electron chi connectivity index (χ0n) is 11.8. The molecule has 0 aliphatic heterocycles. The van der Waals surface area contributed by atoms with Gasteiger partial charge in [-0.25, -0.2) is 4.98 Å². The second kappa shape index (κ2) is 5.95. The van der Waals surface area contributed by atoms with Crippen LogP contribution in [0.5, 0.6) is 0 Å².